The number of sulfonamides is 1. The first kappa shape index (κ1) is 23.1. The number of ether oxygens (including phenoxy) is 1. The van der Waals surface area contributed by atoms with Crippen LogP contribution in [0.4, 0.5) is 24.5 Å². The third-order valence-corrected chi connectivity index (χ3v) is 4.91. The Hall–Kier alpha value is -3.54. The number of nitrogens with zero attached hydrogens (tertiary/aromatic N) is 2. The number of aromatic nitrogens is 2. The normalized spacial score (nSPS) is 11.8. The molecular weight excluding hydrogens is 449 g/mol. The summed E-state index contributed by atoms with van der Waals surface area (Å²) in [6, 6.07) is 10.1. The van der Waals surface area contributed by atoms with E-state index in [0.29, 0.717) is 4.68 Å². The molecule has 0 bridgehead atoms. The van der Waals surface area contributed by atoms with Gasteiger partial charge in [0.15, 0.2) is 5.69 Å². The fraction of sp³-hybridized carbons (Fsp3) is 0.200. The van der Waals surface area contributed by atoms with Crippen molar-refractivity contribution in [1.29, 1.82) is 0 Å². The Balaban J connectivity index is 1.95. The molecule has 2 aromatic carbocycles. The number of halogens is 3. The Morgan fingerprint density at radius 2 is 1.78 bits per heavy atom. The van der Waals surface area contributed by atoms with Gasteiger partial charge in [-0.05, 0) is 31.2 Å². The van der Waals surface area contributed by atoms with Crippen LogP contribution in [-0.2, 0) is 16.2 Å². The summed E-state index contributed by atoms with van der Waals surface area (Å²) in [5.41, 5.74) is -0.676. The summed E-state index contributed by atoms with van der Waals surface area (Å²) in [4.78, 5) is 12.7. The molecule has 0 aliphatic heterocycles. The standard InChI is InChI=1S/C20H19F3N4O4S/c1-12-4-7-14(8-5-12)27-18(20(21,22)23)15(11-24-27)19(28)25-13-6-9-16(17(10-13)31-2)26-32(3,29)30/h4-11,26H,1-3H3,(H,25,28). The number of aryl methyl sites for hydroxylation is 1. The molecule has 1 aromatic heterocycles. The highest BCUT2D eigenvalue weighted by Gasteiger charge is 2.40. The molecule has 0 unspecified atom stereocenters. The highest BCUT2D eigenvalue weighted by atomic mass is 32.2. The van der Waals surface area contributed by atoms with Crippen molar-refractivity contribution in [3.63, 3.8) is 0 Å². The predicted molar refractivity (Wildman–Crippen MR) is 113 cm³/mol. The Morgan fingerprint density at radius 1 is 1.12 bits per heavy atom. The summed E-state index contributed by atoms with van der Waals surface area (Å²) in [5, 5.41) is 6.13. The van der Waals surface area contributed by atoms with Crippen LogP contribution in [0.3, 0.4) is 0 Å². The van der Waals surface area contributed by atoms with Crippen molar-refractivity contribution in [2.24, 2.45) is 0 Å². The van der Waals surface area contributed by atoms with Crippen LogP contribution in [0, 0.1) is 6.92 Å². The zero-order valence-corrected chi connectivity index (χ0v) is 18.0. The van der Waals surface area contributed by atoms with E-state index in [1.54, 1.807) is 19.1 Å². The zero-order valence-electron chi connectivity index (χ0n) is 17.2. The Labute approximate surface area is 182 Å². The monoisotopic (exact) mass is 468 g/mol. The third-order valence-electron chi connectivity index (χ3n) is 4.32. The fourth-order valence-electron chi connectivity index (χ4n) is 2.92. The quantitative estimate of drug-likeness (QED) is 0.573. The number of carbonyl (C=O) groups excluding carboxylic acids is 1. The molecule has 0 fully saturated rings. The van der Waals surface area contributed by atoms with Gasteiger partial charge >= 0.3 is 6.18 Å². The second-order valence-electron chi connectivity index (χ2n) is 6.90. The lowest BCUT2D eigenvalue weighted by Crippen LogP contribution is -2.20. The van der Waals surface area contributed by atoms with Gasteiger partial charge in [-0.2, -0.15) is 18.3 Å². The zero-order chi connectivity index (χ0) is 23.7. The maximum Gasteiger partial charge on any atom is 0.434 e. The molecule has 0 aliphatic carbocycles. The van der Waals surface area contributed by atoms with Crippen molar-refractivity contribution in [2.75, 3.05) is 23.4 Å². The van der Waals surface area contributed by atoms with Crippen LogP contribution in [0.1, 0.15) is 21.6 Å². The predicted octanol–water partition coefficient (Wildman–Crippen LogP) is 3.83. The lowest BCUT2D eigenvalue weighted by atomic mass is 10.2. The van der Waals surface area contributed by atoms with Crippen molar-refractivity contribution in [3.05, 3.63) is 65.5 Å². The number of amides is 1. The number of nitrogens with one attached hydrogen (secondary N) is 2. The highest BCUT2D eigenvalue weighted by Crippen LogP contribution is 2.34. The van der Waals surface area contributed by atoms with Gasteiger partial charge in [0, 0.05) is 11.8 Å². The van der Waals surface area contributed by atoms with Crippen LogP contribution in [0.25, 0.3) is 5.69 Å². The van der Waals surface area contributed by atoms with Gasteiger partial charge in [-0.25, -0.2) is 13.1 Å². The van der Waals surface area contributed by atoms with Gasteiger partial charge in [-0.15, -0.1) is 0 Å². The van der Waals surface area contributed by atoms with E-state index in [1.807, 2.05) is 0 Å². The van der Waals surface area contributed by atoms with Gasteiger partial charge in [-0.3, -0.25) is 9.52 Å². The van der Waals surface area contributed by atoms with Crippen LogP contribution >= 0.6 is 0 Å². The first-order chi connectivity index (χ1) is 14.9. The minimum atomic E-state index is -4.85. The first-order valence-electron chi connectivity index (χ1n) is 9.08. The van der Waals surface area contributed by atoms with E-state index in [9.17, 15) is 26.4 Å². The lowest BCUT2D eigenvalue weighted by Gasteiger charge is -2.14. The molecule has 3 rings (SSSR count). The molecule has 1 heterocycles. The molecule has 3 aromatic rings. The van der Waals surface area contributed by atoms with E-state index >= 15 is 0 Å². The average molecular weight is 468 g/mol. The summed E-state index contributed by atoms with van der Waals surface area (Å²) in [5.74, 6) is -0.971. The number of hydrogen-bond acceptors (Lipinski definition) is 5. The number of rotatable bonds is 6. The third kappa shape index (κ3) is 5.19. The summed E-state index contributed by atoms with van der Waals surface area (Å²) < 4.78 is 72.3. The topological polar surface area (TPSA) is 102 Å². The minimum Gasteiger partial charge on any atom is -0.494 e. The smallest absolute Gasteiger partial charge is 0.434 e. The van der Waals surface area contributed by atoms with Crippen molar-refractivity contribution in [1.82, 2.24) is 9.78 Å². The Bertz CT molecular complexity index is 1250. The molecule has 0 radical (unpaired) electrons. The molecule has 32 heavy (non-hydrogen) atoms. The molecule has 0 aliphatic rings. The van der Waals surface area contributed by atoms with E-state index in [0.717, 1.165) is 18.0 Å². The second-order valence-corrected chi connectivity index (χ2v) is 8.64. The fourth-order valence-corrected chi connectivity index (χ4v) is 3.49. The van der Waals surface area contributed by atoms with Gasteiger partial charge in [0.05, 0.1) is 36.5 Å². The molecule has 0 saturated carbocycles. The van der Waals surface area contributed by atoms with Crippen molar-refractivity contribution in [3.8, 4) is 11.4 Å². The number of hydrogen-bond donors (Lipinski definition) is 2. The van der Waals surface area contributed by atoms with Gasteiger partial charge < -0.3 is 10.1 Å². The summed E-state index contributed by atoms with van der Waals surface area (Å²) in [7, 11) is -2.31. The summed E-state index contributed by atoms with van der Waals surface area (Å²) in [6.07, 6.45) is -3.06. The minimum absolute atomic E-state index is 0.0691. The van der Waals surface area contributed by atoms with Crippen molar-refractivity contribution < 1.29 is 31.1 Å². The van der Waals surface area contributed by atoms with Crippen LogP contribution in [-0.4, -0.2) is 37.5 Å². The maximum absolute atomic E-state index is 13.8. The van der Waals surface area contributed by atoms with Crippen molar-refractivity contribution >= 4 is 27.3 Å². The van der Waals surface area contributed by atoms with Gasteiger partial charge in [0.25, 0.3) is 5.91 Å². The van der Waals surface area contributed by atoms with E-state index in [4.69, 9.17) is 4.74 Å². The largest absolute Gasteiger partial charge is 0.494 e. The number of carbonyl (C=O) groups is 1. The van der Waals surface area contributed by atoms with Gasteiger partial charge in [0.1, 0.15) is 5.75 Å². The average Bonchev–Trinajstić information content (AvgIpc) is 3.14. The molecule has 2 N–H and O–H groups in total. The van der Waals surface area contributed by atoms with Crippen LogP contribution < -0.4 is 14.8 Å². The summed E-state index contributed by atoms with van der Waals surface area (Å²) in [6.45, 7) is 1.79. The molecule has 0 atom stereocenters. The number of methoxy groups -OCH3 is 1. The van der Waals surface area contributed by atoms with Crippen LogP contribution in [0.15, 0.2) is 48.7 Å². The molecule has 8 nitrogen and oxygen atoms in total. The van der Waals surface area contributed by atoms with Crippen LogP contribution in [0.5, 0.6) is 5.75 Å². The molecule has 0 saturated heterocycles. The first-order valence-corrected chi connectivity index (χ1v) is 11.0. The van der Waals surface area contributed by atoms with Gasteiger partial charge in [0.2, 0.25) is 10.0 Å². The van der Waals surface area contributed by atoms with E-state index in [-0.39, 0.29) is 22.8 Å². The molecular formula is C20H19F3N4O4S. The van der Waals surface area contributed by atoms with Crippen LogP contribution in [0.2, 0.25) is 0 Å². The Kier molecular flexibility index (Phi) is 6.17. The second kappa shape index (κ2) is 8.54. The van der Waals surface area contributed by atoms with E-state index in [1.165, 1.54) is 37.4 Å². The molecule has 0 spiro atoms. The number of alkyl halides is 3. The SMILES string of the molecule is COc1cc(NC(=O)c2cnn(-c3ccc(C)cc3)c2C(F)(F)F)ccc1NS(C)(=O)=O. The molecule has 170 valence electrons. The molecule has 1 amide bonds. The van der Waals surface area contributed by atoms with Gasteiger partial charge in [-0.1, -0.05) is 17.7 Å². The molecule has 12 heteroatoms. The summed E-state index contributed by atoms with van der Waals surface area (Å²) >= 11 is 0. The van der Waals surface area contributed by atoms with Crippen molar-refractivity contribution in [2.45, 2.75) is 13.1 Å². The van der Waals surface area contributed by atoms with E-state index < -0.39 is 33.4 Å². The maximum atomic E-state index is 13.8. The number of benzene rings is 2. The van der Waals surface area contributed by atoms with E-state index in [2.05, 4.69) is 15.1 Å². The highest BCUT2D eigenvalue weighted by molar-refractivity contribution is 7.92. The lowest BCUT2D eigenvalue weighted by molar-refractivity contribution is -0.143. The Morgan fingerprint density at radius 3 is 2.34 bits per heavy atom. The number of anilines is 2.